The van der Waals surface area contributed by atoms with Crippen LogP contribution in [-0.4, -0.2) is 17.9 Å². The quantitative estimate of drug-likeness (QED) is 0.745. The van der Waals surface area contributed by atoms with E-state index < -0.39 is 0 Å². The third-order valence-corrected chi connectivity index (χ3v) is 3.68. The van der Waals surface area contributed by atoms with Crippen molar-refractivity contribution in [1.82, 2.24) is 4.90 Å². The molecule has 18 heavy (non-hydrogen) atoms. The van der Waals surface area contributed by atoms with Gasteiger partial charge in [-0.1, -0.05) is 42.5 Å². The Bertz CT molecular complexity index is 414. The van der Waals surface area contributed by atoms with Gasteiger partial charge in [-0.2, -0.15) is 0 Å². The van der Waals surface area contributed by atoms with E-state index in [1.807, 2.05) is 30.1 Å². The lowest BCUT2D eigenvalue weighted by atomic mass is 9.85. The van der Waals surface area contributed by atoms with E-state index in [0.29, 0.717) is 6.54 Å². The van der Waals surface area contributed by atoms with Crippen LogP contribution in [0.15, 0.2) is 42.5 Å². The van der Waals surface area contributed by atoms with Gasteiger partial charge in [0, 0.05) is 19.5 Å². The molecule has 1 saturated carbocycles. The molecule has 96 valence electrons. The number of carbonyl (C=O) groups excluding carboxylic acids is 1. The van der Waals surface area contributed by atoms with Crippen molar-refractivity contribution < 1.29 is 4.79 Å². The third kappa shape index (κ3) is 3.22. The summed E-state index contributed by atoms with van der Waals surface area (Å²) >= 11 is 0. The topological polar surface area (TPSA) is 20.3 Å². The molecule has 0 spiro atoms. The van der Waals surface area contributed by atoms with Crippen LogP contribution in [0, 0.1) is 5.92 Å². The molecule has 0 aliphatic heterocycles. The molecule has 0 unspecified atom stereocenters. The first-order valence-electron chi connectivity index (χ1n) is 6.62. The minimum Gasteiger partial charge on any atom is -0.341 e. The molecule has 2 rings (SSSR count). The molecular formula is C16H21NO. The molecule has 1 fully saturated rings. The third-order valence-electron chi connectivity index (χ3n) is 3.68. The zero-order valence-electron chi connectivity index (χ0n) is 11.1. The smallest absolute Gasteiger partial charge is 0.225 e. The van der Waals surface area contributed by atoms with Crippen molar-refractivity contribution in [2.75, 3.05) is 7.05 Å². The van der Waals surface area contributed by atoms with E-state index in [2.05, 4.69) is 18.7 Å². The molecule has 1 aromatic rings. The van der Waals surface area contributed by atoms with Gasteiger partial charge in [-0.25, -0.2) is 0 Å². The summed E-state index contributed by atoms with van der Waals surface area (Å²) in [7, 11) is 1.90. The fourth-order valence-electron chi connectivity index (χ4n) is 2.52. The number of benzene rings is 1. The molecule has 0 aromatic heterocycles. The maximum Gasteiger partial charge on any atom is 0.225 e. The van der Waals surface area contributed by atoms with E-state index in [0.717, 1.165) is 25.7 Å². The van der Waals surface area contributed by atoms with E-state index in [9.17, 15) is 4.79 Å². The fourth-order valence-corrected chi connectivity index (χ4v) is 2.52. The van der Waals surface area contributed by atoms with Crippen molar-refractivity contribution in [3.8, 4) is 0 Å². The van der Waals surface area contributed by atoms with Crippen LogP contribution in [0.5, 0.6) is 0 Å². The maximum absolute atomic E-state index is 12.3. The molecular weight excluding hydrogens is 222 g/mol. The van der Waals surface area contributed by atoms with Crippen LogP contribution in [0.3, 0.4) is 0 Å². The zero-order valence-corrected chi connectivity index (χ0v) is 11.1. The molecule has 0 bridgehead atoms. The second-order valence-corrected chi connectivity index (χ2v) is 5.20. The summed E-state index contributed by atoms with van der Waals surface area (Å²) in [4.78, 5) is 14.2. The summed E-state index contributed by atoms with van der Waals surface area (Å²) in [6.07, 6.45) is 3.96. The van der Waals surface area contributed by atoms with Gasteiger partial charge >= 0.3 is 0 Å². The molecule has 2 heteroatoms. The first-order chi connectivity index (χ1) is 8.66. The molecule has 0 atom stereocenters. The van der Waals surface area contributed by atoms with Crippen LogP contribution < -0.4 is 0 Å². The van der Waals surface area contributed by atoms with Gasteiger partial charge in [-0.15, -0.1) is 0 Å². The minimum atomic E-state index is 0.198. The van der Waals surface area contributed by atoms with Gasteiger partial charge in [0.25, 0.3) is 0 Å². The number of nitrogens with zero attached hydrogens (tertiary/aromatic N) is 1. The molecule has 0 heterocycles. The van der Waals surface area contributed by atoms with Crippen LogP contribution in [0.4, 0.5) is 0 Å². The Kier molecular flexibility index (Phi) is 4.19. The van der Waals surface area contributed by atoms with Crippen molar-refractivity contribution in [3.63, 3.8) is 0 Å². The summed E-state index contributed by atoms with van der Waals surface area (Å²) in [6, 6.07) is 10.1. The fraction of sp³-hybridized carbons (Fsp3) is 0.438. The highest BCUT2D eigenvalue weighted by atomic mass is 16.2. The summed E-state index contributed by atoms with van der Waals surface area (Å²) < 4.78 is 0. The minimum absolute atomic E-state index is 0.198. The van der Waals surface area contributed by atoms with E-state index in [4.69, 9.17) is 0 Å². The van der Waals surface area contributed by atoms with Gasteiger partial charge in [-0.05, 0) is 31.2 Å². The summed E-state index contributed by atoms with van der Waals surface area (Å²) in [6.45, 7) is 4.70. The normalized spacial score (nSPS) is 16.6. The van der Waals surface area contributed by atoms with Gasteiger partial charge in [0.05, 0.1) is 0 Å². The molecule has 2 nitrogen and oxygen atoms in total. The van der Waals surface area contributed by atoms with Gasteiger partial charge in [-0.3, -0.25) is 4.79 Å². The Morgan fingerprint density at radius 3 is 2.50 bits per heavy atom. The second kappa shape index (κ2) is 5.85. The second-order valence-electron chi connectivity index (χ2n) is 5.20. The lowest BCUT2D eigenvalue weighted by molar-refractivity contribution is -0.135. The average molecular weight is 243 g/mol. The molecule has 1 aromatic carbocycles. The Labute approximate surface area is 109 Å². The number of allylic oxidation sites excluding steroid dienone is 1. The first kappa shape index (κ1) is 12.9. The van der Waals surface area contributed by atoms with Crippen molar-refractivity contribution in [3.05, 3.63) is 48.0 Å². The Hall–Kier alpha value is -1.57. The van der Waals surface area contributed by atoms with Crippen LogP contribution in [0.2, 0.25) is 0 Å². The highest BCUT2D eigenvalue weighted by molar-refractivity contribution is 5.78. The molecule has 0 radical (unpaired) electrons. The highest BCUT2D eigenvalue weighted by Crippen LogP contribution is 2.28. The predicted molar refractivity (Wildman–Crippen MR) is 74.0 cm³/mol. The standard InChI is InChI=1S/C16H21NO/c1-13-8-10-15(11-9-13)16(18)17(2)12-14-6-4-3-5-7-14/h3-7,15H,1,8-12H2,2H3. The summed E-state index contributed by atoms with van der Waals surface area (Å²) in [5.41, 5.74) is 2.48. The maximum atomic E-state index is 12.3. The monoisotopic (exact) mass is 243 g/mol. The van der Waals surface area contributed by atoms with E-state index in [1.165, 1.54) is 11.1 Å². The van der Waals surface area contributed by atoms with Crippen LogP contribution in [0.1, 0.15) is 31.2 Å². The van der Waals surface area contributed by atoms with Crippen molar-refractivity contribution >= 4 is 5.91 Å². The molecule has 1 aliphatic carbocycles. The largest absolute Gasteiger partial charge is 0.341 e. The molecule has 1 amide bonds. The lowest BCUT2D eigenvalue weighted by Crippen LogP contribution is -2.33. The SMILES string of the molecule is C=C1CCC(C(=O)N(C)Cc2ccccc2)CC1. The van der Waals surface area contributed by atoms with Crippen LogP contribution in [-0.2, 0) is 11.3 Å². The van der Waals surface area contributed by atoms with E-state index in [-0.39, 0.29) is 11.8 Å². The molecule has 0 N–H and O–H groups in total. The van der Waals surface area contributed by atoms with Crippen LogP contribution in [0.25, 0.3) is 0 Å². The van der Waals surface area contributed by atoms with Gasteiger partial charge in [0.15, 0.2) is 0 Å². The highest BCUT2D eigenvalue weighted by Gasteiger charge is 2.25. The number of amides is 1. The Morgan fingerprint density at radius 2 is 1.89 bits per heavy atom. The molecule has 1 aliphatic rings. The number of hydrogen-bond acceptors (Lipinski definition) is 1. The average Bonchev–Trinajstić information content (AvgIpc) is 2.40. The van der Waals surface area contributed by atoms with Crippen molar-refractivity contribution in [2.45, 2.75) is 32.2 Å². The first-order valence-corrected chi connectivity index (χ1v) is 6.62. The van der Waals surface area contributed by atoms with Crippen LogP contribution >= 0.6 is 0 Å². The number of rotatable bonds is 3. The Balaban J connectivity index is 1.91. The van der Waals surface area contributed by atoms with E-state index in [1.54, 1.807) is 0 Å². The summed E-state index contributed by atoms with van der Waals surface area (Å²) in [5, 5.41) is 0. The van der Waals surface area contributed by atoms with Gasteiger partial charge in [0.1, 0.15) is 0 Å². The lowest BCUT2D eigenvalue weighted by Gasteiger charge is -2.27. The van der Waals surface area contributed by atoms with Crippen molar-refractivity contribution in [2.24, 2.45) is 5.92 Å². The predicted octanol–water partition coefficient (Wildman–Crippen LogP) is 3.39. The summed E-state index contributed by atoms with van der Waals surface area (Å²) in [5.74, 6) is 0.482. The van der Waals surface area contributed by atoms with Crippen molar-refractivity contribution in [1.29, 1.82) is 0 Å². The number of hydrogen-bond donors (Lipinski definition) is 0. The Morgan fingerprint density at radius 1 is 1.28 bits per heavy atom. The van der Waals surface area contributed by atoms with E-state index >= 15 is 0 Å². The molecule has 0 saturated heterocycles. The number of carbonyl (C=O) groups is 1. The van der Waals surface area contributed by atoms with Gasteiger partial charge in [0.2, 0.25) is 5.91 Å². The zero-order chi connectivity index (χ0) is 13.0. The van der Waals surface area contributed by atoms with Gasteiger partial charge < -0.3 is 4.90 Å².